The van der Waals surface area contributed by atoms with Crippen LogP contribution in [0.25, 0.3) is 18.2 Å². The van der Waals surface area contributed by atoms with Gasteiger partial charge in [0.1, 0.15) is 0 Å². The van der Waals surface area contributed by atoms with Crippen LogP contribution in [0.4, 0.5) is 17.1 Å². The summed E-state index contributed by atoms with van der Waals surface area (Å²) in [6, 6.07) is 36.5. The van der Waals surface area contributed by atoms with Crippen molar-refractivity contribution in [2.45, 2.75) is 20.3 Å². The monoisotopic (exact) mass is 415 g/mol. The lowest BCUT2D eigenvalue weighted by atomic mass is 10.1. The number of benzene rings is 4. The Morgan fingerprint density at radius 1 is 0.531 bits per heavy atom. The molecule has 1 heteroatoms. The Kier molecular flexibility index (Phi) is 6.99. The predicted molar refractivity (Wildman–Crippen MR) is 141 cm³/mol. The Labute approximate surface area is 192 Å². The van der Waals surface area contributed by atoms with Gasteiger partial charge in [0.15, 0.2) is 0 Å². The van der Waals surface area contributed by atoms with Crippen LogP contribution in [0.5, 0.6) is 0 Å². The van der Waals surface area contributed by atoms with Crippen LogP contribution in [0.1, 0.15) is 35.6 Å². The summed E-state index contributed by atoms with van der Waals surface area (Å²) in [5, 5.41) is 0. The molecule has 0 aliphatic heterocycles. The molecule has 0 radical (unpaired) electrons. The molecule has 4 rings (SSSR count). The molecule has 0 atom stereocenters. The van der Waals surface area contributed by atoms with Crippen LogP contribution in [0.3, 0.4) is 0 Å². The summed E-state index contributed by atoms with van der Waals surface area (Å²) in [6.07, 6.45) is 9.74. The Morgan fingerprint density at radius 2 is 0.969 bits per heavy atom. The highest BCUT2D eigenvalue weighted by Crippen LogP contribution is 2.34. The predicted octanol–water partition coefficient (Wildman–Crippen LogP) is 9.06. The van der Waals surface area contributed by atoms with Gasteiger partial charge in [-0.2, -0.15) is 0 Å². The minimum absolute atomic E-state index is 1.06. The molecule has 0 saturated heterocycles. The Balaban J connectivity index is 1.56. The van der Waals surface area contributed by atoms with E-state index in [0.717, 1.165) is 23.5 Å². The zero-order chi connectivity index (χ0) is 22.2. The summed E-state index contributed by atoms with van der Waals surface area (Å²) in [4.78, 5) is 2.29. The number of hydrogen-bond acceptors (Lipinski definition) is 1. The van der Waals surface area contributed by atoms with E-state index in [-0.39, 0.29) is 0 Å². The molecule has 0 spiro atoms. The van der Waals surface area contributed by atoms with Gasteiger partial charge in [0.25, 0.3) is 0 Å². The second kappa shape index (κ2) is 10.5. The second-order valence-electron chi connectivity index (χ2n) is 7.91. The third-order valence-electron chi connectivity index (χ3n) is 5.41. The van der Waals surface area contributed by atoms with Gasteiger partial charge >= 0.3 is 0 Å². The minimum atomic E-state index is 1.06. The number of nitrogens with zero attached hydrogens (tertiary/aromatic N) is 1. The smallest absolute Gasteiger partial charge is 0.0462 e. The van der Waals surface area contributed by atoms with Crippen LogP contribution in [0, 0.1) is 6.92 Å². The van der Waals surface area contributed by atoms with Gasteiger partial charge in [-0.25, -0.2) is 0 Å². The summed E-state index contributed by atoms with van der Waals surface area (Å²) < 4.78 is 0. The SMILES string of the molecule is CC/C=C\c1ccc(/C=C\c2ccc(N(c3ccccc3)c3ccc(C)cc3)cc2)cc1. The van der Waals surface area contributed by atoms with Crippen LogP contribution in [0.2, 0.25) is 0 Å². The lowest BCUT2D eigenvalue weighted by molar-refractivity contribution is 1.23. The summed E-state index contributed by atoms with van der Waals surface area (Å²) in [6.45, 7) is 4.27. The second-order valence-corrected chi connectivity index (χ2v) is 7.91. The molecule has 0 aliphatic rings. The number of para-hydroxylation sites is 1. The van der Waals surface area contributed by atoms with E-state index in [4.69, 9.17) is 0 Å². The largest absolute Gasteiger partial charge is 0.311 e. The van der Waals surface area contributed by atoms with E-state index in [1.54, 1.807) is 0 Å². The standard InChI is InChI=1S/C31H29N/c1-3-4-8-26-13-15-27(16-14-26)17-18-28-19-23-31(24-20-28)32(29-9-6-5-7-10-29)30-21-11-25(2)12-22-30/h4-24H,3H2,1-2H3/b8-4-,18-17-. The molecule has 4 aromatic carbocycles. The van der Waals surface area contributed by atoms with Gasteiger partial charge in [-0.3, -0.25) is 0 Å². The fourth-order valence-electron chi connectivity index (χ4n) is 3.62. The first-order valence-electron chi connectivity index (χ1n) is 11.2. The number of rotatable bonds is 7. The van der Waals surface area contributed by atoms with Crippen molar-refractivity contribution < 1.29 is 0 Å². The molecular weight excluding hydrogens is 386 g/mol. The van der Waals surface area contributed by atoms with Crippen molar-refractivity contribution in [1.82, 2.24) is 0 Å². The van der Waals surface area contributed by atoms with Gasteiger partial charge in [0, 0.05) is 17.1 Å². The number of aryl methyl sites for hydroxylation is 1. The van der Waals surface area contributed by atoms with Crippen LogP contribution in [0.15, 0.2) is 109 Å². The molecule has 32 heavy (non-hydrogen) atoms. The van der Waals surface area contributed by atoms with Crippen molar-refractivity contribution in [2.75, 3.05) is 4.90 Å². The van der Waals surface area contributed by atoms with E-state index in [1.165, 1.54) is 22.3 Å². The van der Waals surface area contributed by atoms with Crippen LogP contribution >= 0.6 is 0 Å². The highest BCUT2D eigenvalue weighted by atomic mass is 15.1. The molecule has 1 nitrogen and oxygen atoms in total. The molecule has 4 aromatic rings. The summed E-state index contributed by atoms with van der Waals surface area (Å²) >= 11 is 0. The maximum absolute atomic E-state index is 2.29. The average molecular weight is 416 g/mol. The first kappa shape index (κ1) is 21.4. The van der Waals surface area contributed by atoms with Crippen molar-refractivity contribution in [3.8, 4) is 0 Å². The highest BCUT2D eigenvalue weighted by molar-refractivity contribution is 5.78. The van der Waals surface area contributed by atoms with Crippen LogP contribution < -0.4 is 4.90 Å². The first-order chi connectivity index (χ1) is 15.7. The zero-order valence-electron chi connectivity index (χ0n) is 18.8. The zero-order valence-corrected chi connectivity index (χ0v) is 18.8. The van der Waals surface area contributed by atoms with Crippen LogP contribution in [-0.2, 0) is 0 Å². The van der Waals surface area contributed by atoms with Crippen molar-refractivity contribution in [3.63, 3.8) is 0 Å². The third kappa shape index (κ3) is 5.44. The van der Waals surface area contributed by atoms with E-state index in [0.29, 0.717) is 0 Å². The molecule has 0 unspecified atom stereocenters. The Hall–Kier alpha value is -3.84. The lowest BCUT2D eigenvalue weighted by Crippen LogP contribution is -2.09. The highest BCUT2D eigenvalue weighted by Gasteiger charge is 2.11. The molecular formula is C31H29N. The maximum Gasteiger partial charge on any atom is 0.0462 e. The Morgan fingerprint density at radius 3 is 1.50 bits per heavy atom. The van der Waals surface area contributed by atoms with Gasteiger partial charge < -0.3 is 4.90 Å². The molecule has 0 N–H and O–H groups in total. The lowest BCUT2D eigenvalue weighted by Gasteiger charge is -2.25. The number of anilines is 3. The van der Waals surface area contributed by atoms with Crippen molar-refractivity contribution in [3.05, 3.63) is 131 Å². The summed E-state index contributed by atoms with van der Waals surface area (Å²) in [7, 11) is 0. The molecule has 0 fully saturated rings. The van der Waals surface area contributed by atoms with Gasteiger partial charge in [-0.15, -0.1) is 0 Å². The van der Waals surface area contributed by atoms with Gasteiger partial charge in [0.2, 0.25) is 0 Å². The van der Waals surface area contributed by atoms with E-state index in [2.05, 4.69) is 146 Å². The molecule has 0 aromatic heterocycles. The van der Waals surface area contributed by atoms with E-state index in [9.17, 15) is 0 Å². The fraction of sp³-hybridized carbons (Fsp3) is 0.0968. The molecule has 0 amide bonds. The fourth-order valence-corrected chi connectivity index (χ4v) is 3.62. The summed E-state index contributed by atoms with van der Waals surface area (Å²) in [5.74, 6) is 0. The van der Waals surface area contributed by atoms with Gasteiger partial charge in [0.05, 0.1) is 0 Å². The molecule has 158 valence electrons. The van der Waals surface area contributed by atoms with E-state index in [1.807, 2.05) is 0 Å². The third-order valence-corrected chi connectivity index (χ3v) is 5.41. The molecule has 0 aliphatic carbocycles. The first-order valence-corrected chi connectivity index (χ1v) is 11.2. The van der Waals surface area contributed by atoms with Gasteiger partial charge in [-0.05, 0) is 66.4 Å². The normalized spacial score (nSPS) is 11.3. The van der Waals surface area contributed by atoms with Crippen LogP contribution in [-0.4, -0.2) is 0 Å². The van der Waals surface area contributed by atoms with Crippen molar-refractivity contribution in [1.29, 1.82) is 0 Å². The number of allylic oxidation sites excluding steroid dienone is 1. The topological polar surface area (TPSA) is 3.24 Å². The minimum Gasteiger partial charge on any atom is -0.311 e. The van der Waals surface area contributed by atoms with E-state index < -0.39 is 0 Å². The molecule has 0 heterocycles. The average Bonchev–Trinajstić information content (AvgIpc) is 2.85. The number of hydrogen-bond donors (Lipinski definition) is 0. The molecule has 0 saturated carbocycles. The quantitative estimate of drug-likeness (QED) is 0.272. The van der Waals surface area contributed by atoms with Gasteiger partial charge in [-0.1, -0.05) is 104 Å². The van der Waals surface area contributed by atoms with E-state index >= 15 is 0 Å². The molecule has 0 bridgehead atoms. The Bertz CT molecular complexity index is 1170. The summed E-state index contributed by atoms with van der Waals surface area (Å²) in [5.41, 5.74) is 8.33. The maximum atomic E-state index is 2.29. The van der Waals surface area contributed by atoms with Crippen molar-refractivity contribution >= 4 is 35.3 Å². The van der Waals surface area contributed by atoms with Crippen molar-refractivity contribution in [2.24, 2.45) is 0 Å².